The highest BCUT2D eigenvalue weighted by atomic mass is 16.3. The maximum atomic E-state index is 11.9. The molecule has 1 unspecified atom stereocenters. The number of aliphatic hydroxyl groups excluding tert-OH is 1. The molecule has 0 bridgehead atoms. The highest BCUT2D eigenvalue weighted by Crippen LogP contribution is 2.67. The molecule has 3 nitrogen and oxygen atoms in total. The lowest BCUT2D eigenvalue weighted by Gasteiger charge is -2.60. The Morgan fingerprint density at radius 1 is 1.24 bits per heavy atom. The molecule has 0 saturated heterocycles. The molecule has 4 aliphatic carbocycles. The van der Waals surface area contributed by atoms with Crippen molar-refractivity contribution in [2.45, 2.75) is 71.8 Å². The Morgan fingerprint density at radius 2 is 2.00 bits per heavy atom. The van der Waals surface area contributed by atoms with Crippen LogP contribution in [0.25, 0.3) is 0 Å². The summed E-state index contributed by atoms with van der Waals surface area (Å²) >= 11 is 0. The monoisotopic (exact) mass is 344 g/mol. The van der Waals surface area contributed by atoms with Gasteiger partial charge in [-0.25, -0.2) is 0 Å². The largest absolute Gasteiger partial charge is 0.393 e. The second-order valence-corrected chi connectivity index (χ2v) is 9.84. The molecule has 0 heterocycles. The summed E-state index contributed by atoms with van der Waals surface area (Å²) in [5.74, 6) is 2.19. The van der Waals surface area contributed by atoms with Gasteiger partial charge in [-0.1, -0.05) is 26.3 Å². The van der Waals surface area contributed by atoms with Gasteiger partial charge in [0.25, 0.3) is 0 Å². The summed E-state index contributed by atoms with van der Waals surface area (Å²) in [6.45, 7) is 6.70. The molecule has 0 aliphatic heterocycles. The summed E-state index contributed by atoms with van der Waals surface area (Å²) in [7, 11) is 0. The van der Waals surface area contributed by atoms with Crippen molar-refractivity contribution in [1.82, 2.24) is 0 Å². The number of allylic oxidation sites excluding steroid dienone is 1. The van der Waals surface area contributed by atoms with E-state index in [1.54, 1.807) is 0 Å². The summed E-state index contributed by atoms with van der Waals surface area (Å²) in [5.41, 5.74) is 1.37. The molecule has 0 aromatic heterocycles. The smallest absolute Gasteiger partial charge is 0.155 e. The standard InChI is InChI=1S/C22H32O3/c1-13(12-23)17-6-7-18-16-5-4-14-10-15(24)8-9-21(14,2)20(16)19(25)11-22(17,18)3/h10,12-13,16-20,25H,4-9,11H2,1-3H3/t13?,16-,17+,18-,19+,20+,21-,22+/m0/s1. The summed E-state index contributed by atoms with van der Waals surface area (Å²) in [6, 6.07) is 0. The van der Waals surface area contributed by atoms with Crippen molar-refractivity contribution in [2.24, 2.45) is 40.4 Å². The predicted octanol–water partition coefficient (Wildman–Crippen LogP) is 3.94. The number of aliphatic hydroxyl groups is 1. The van der Waals surface area contributed by atoms with Crippen LogP contribution in [0.15, 0.2) is 11.6 Å². The van der Waals surface area contributed by atoms with Gasteiger partial charge in [-0.05, 0) is 79.1 Å². The molecule has 25 heavy (non-hydrogen) atoms. The number of hydrogen-bond donors (Lipinski definition) is 1. The Kier molecular flexibility index (Phi) is 4.03. The van der Waals surface area contributed by atoms with Gasteiger partial charge in [-0.15, -0.1) is 0 Å². The third kappa shape index (κ3) is 2.34. The molecule has 1 N–H and O–H groups in total. The number of aldehydes is 1. The summed E-state index contributed by atoms with van der Waals surface area (Å²) in [5, 5.41) is 11.3. The van der Waals surface area contributed by atoms with Crippen molar-refractivity contribution >= 4 is 12.1 Å². The van der Waals surface area contributed by atoms with Gasteiger partial charge in [0.2, 0.25) is 0 Å². The minimum atomic E-state index is -0.312. The van der Waals surface area contributed by atoms with Crippen LogP contribution < -0.4 is 0 Å². The molecule has 3 fully saturated rings. The number of ketones is 1. The average Bonchev–Trinajstić information content (AvgIpc) is 2.91. The van der Waals surface area contributed by atoms with Crippen molar-refractivity contribution < 1.29 is 14.7 Å². The van der Waals surface area contributed by atoms with Gasteiger partial charge in [0.05, 0.1) is 6.10 Å². The maximum absolute atomic E-state index is 11.9. The van der Waals surface area contributed by atoms with Crippen LogP contribution in [0.1, 0.15) is 65.7 Å². The fourth-order valence-electron chi connectivity index (χ4n) is 7.68. The zero-order chi connectivity index (χ0) is 18.0. The van der Waals surface area contributed by atoms with Crippen molar-refractivity contribution in [3.05, 3.63) is 11.6 Å². The first-order valence-corrected chi connectivity index (χ1v) is 10.2. The van der Waals surface area contributed by atoms with Gasteiger partial charge in [0.15, 0.2) is 5.78 Å². The van der Waals surface area contributed by atoms with Crippen molar-refractivity contribution in [3.8, 4) is 0 Å². The van der Waals surface area contributed by atoms with Crippen LogP contribution in [0.3, 0.4) is 0 Å². The van der Waals surface area contributed by atoms with Gasteiger partial charge in [-0.2, -0.15) is 0 Å². The molecule has 138 valence electrons. The van der Waals surface area contributed by atoms with E-state index in [1.165, 1.54) is 12.0 Å². The topological polar surface area (TPSA) is 54.4 Å². The fraction of sp³-hybridized carbons (Fsp3) is 0.818. The highest BCUT2D eigenvalue weighted by molar-refractivity contribution is 5.91. The van der Waals surface area contributed by atoms with E-state index < -0.39 is 0 Å². The lowest BCUT2D eigenvalue weighted by molar-refractivity contribution is -0.138. The van der Waals surface area contributed by atoms with E-state index in [-0.39, 0.29) is 34.6 Å². The first-order valence-electron chi connectivity index (χ1n) is 10.2. The third-order valence-electron chi connectivity index (χ3n) is 8.82. The van der Waals surface area contributed by atoms with E-state index in [2.05, 4.69) is 20.8 Å². The zero-order valence-corrected chi connectivity index (χ0v) is 15.8. The number of rotatable bonds is 2. The minimum absolute atomic E-state index is 0.00800. The Hall–Kier alpha value is -0.960. The third-order valence-corrected chi connectivity index (χ3v) is 8.82. The molecular formula is C22H32O3. The van der Waals surface area contributed by atoms with E-state index >= 15 is 0 Å². The number of fused-ring (bicyclic) bond motifs is 5. The van der Waals surface area contributed by atoms with E-state index in [0.29, 0.717) is 24.2 Å². The minimum Gasteiger partial charge on any atom is -0.393 e. The highest BCUT2D eigenvalue weighted by Gasteiger charge is 2.62. The van der Waals surface area contributed by atoms with Crippen molar-refractivity contribution in [3.63, 3.8) is 0 Å². The summed E-state index contributed by atoms with van der Waals surface area (Å²) in [6.07, 6.45) is 9.46. The van der Waals surface area contributed by atoms with E-state index in [9.17, 15) is 14.7 Å². The lowest BCUT2D eigenvalue weighted by atomic mass is 9.45. The fourth-order valence-corrected chi connectivity index (χ4v) is 7.68. The van der Waals surface area contributed by atoms with Gasteiger partial charge >= 0.3 is 0 Å². The summed E-state index contributed by atoms with van der Waals surface area (Å²) in [4.78, 5) is 23.4. The van der Waals surface area contributed by atoms with Crippen LogP contribution >= 0.6 is 0 Å². The van der Waals surface area contributed by atoms with E-state index in [4.69, 9.17) is 0 Å². The number of carbonyl (C=O) groups is 2. The maximum Gasteiger partial charge on any atom is 0.155 e. The molecule has 3 saturated carbocycles. The first-order chi connectivity index (χ1) is 11.8. The average molecular weight is 344 g/mol. The van der Waals surface area contributed by atoms with E-state index in [0.717, 1.165) is 38.4 Å². The molecule has 0 amide bonds. The molecule has 4 rings (SSSR count). The number of hydrogen-bond acceptors (Lipinski definition) is 3. The Morgan fingerprint density at radius 3 is 2.72 bits per heavy atom. The first kappa shape index (κ1) is 17.5. The normalized spacial score (nSPS) is 50.3. The van der Waals surface area contributed by atoms with Crippen LogP contribution in [0.2, 0.25) is 0 Å². The van der Waals surface area contributed by atoms with E-state index in [1.807, 2.05) is 6.08 Å². The van der Waals surface area contributed by atoms with Gasteiger partial charge < -0.3 is 9.90 Å². The van der Waals surface area contributed by atoms with Crippen LogP contribution in [0.4, 0.5) is 0 Å². The molecule has 4 aliphatic rings. The molecule has 0 radical (unpaired) electrons. The molecule has 8 atom stereocenters. The van der Waals surface area contributed by atoms with Gasteiger partial charge in [0.1, 0.15) is 6.29 Å². The SMILES string of the molecule is CC(C=O)[C@H]1CC[C@H]2[C@@H]3CCC4=CC(=O)CC[C@]4(C)[C@H]3[C@H](O)C[C@]12C. The van der Waals surface area contributed by atoms with Gasteiger partial charge in [0, 0.05) is 12.3 Å². The Bertz CT molecular complexity index is 623. The molecule has 3 heteroatoms. The molecule has 0 aromatic rings. The molecule has 0 aromatic carbocycles. The second-order valence-electron chi connectivity index (χ2n) is 9.84. The van der Waals surface area contributed by atoms with Crippen LogP contribution in [0.5, 0.6) is 0 Å². The summed E-state index contributed by atoms with van der Waals surface area (Å²) < 4.78 is 0. The lowest BCUT2D eigenvalue weighted by Crippen LogP contribution is -2.56. The molecular weight excluding hydrogens is 312 g/mol. The zero-order valence-electron chi connectivity index (χ0n) is 15.8. The van der Waals surface area contributed by atoms with Crippen molar-refractivity contribution in [2.75, 3.05) is 0 Å². The quantitative estimate of drug-likeness (QED) is 0.772. The molecule has 0 spiro atoms. The Labute approximate surface area is 151 Å². The van der Waals surface area contributed by atoms with Crippen LogP contribution in [-0.4, -0.2) is 23.3 Å². The second kappa shape index (κ2) is 5.77. The predicted molar refractivity (Wildman–Crippen MR) is 96.8 cm³/mol. The Balaban J connectivity index is 1.70. The van der Waals surface area contributed by atoms with Crippen LogP contribution in [-0.2, 0) is 9.59 Å². The number of carbonyl (C=O) groups excluding carboxylic acids is 2. The van der Waals surface area contributed by atoms with Crippen LogP contribution in [0, 0.1) is 40.4 Å². The van der Waals surface area contributed by atoms with Crippen molar-refractivity contribution in [1.29, 1.82) is 0 Å². The van der Waals surface area contributed by atoms with Gasteiger partial charge in [-0.3, -0.25) is 4.79 Å².